The first-order valence-electron chi connectivity index (χ1n) is 9.11. The van der Waals surface area contributed by atoms with Crippen molar-refractivity contribution >= 4 is 35.0 Å². The Hall–Kier alpha value is -3.12. The van der Waals surface area contributed by atoms with Crippen LogP contribution in [0.5, 0.6) is 0 Å². The van der Waals surface area contributed by atoms with Gasteiger partial charge in [-0.3, -0.25) is 24.0 Å². The average Bonchev–Trinajstić information content (AvgIpc) is 3.23. The average molecular weight is 430 g/mol. The zero-order valence-corrected chi connectivity index (χ0v) is 16.3. The summed E-state index contributed by atoms with van der Waals surface area (Å²) in [5, 5.41) is 22.1. The minimum atomic E-state index is -0.949. The van der Waals surface area contributed by atoms with Gasteiger partial charge in [-0.2, -0.15) is 0 Å². The van der Waals surface area contributed by atoms with Crippen molar-refractivity contribution in [3.05, 3.63) is 68.6 Å². The van der Waals surface area contributed by atoms with Crippen LogP contribution in [0.2, 0.25) is 0 Å². The normalized spacial score (nSPS) is 25.2. The van der Waals surface area contributed by atoms with Crippen molar-refractivity contribution < 1.29 is 19.7 Å². The number of benzene rings is 1. The number of anilines is 1. The number of carbonyl (C=O) groups excluding carboxylic acids is 1. The number of amides is 1. The molecule has 1 aromatic heterocycles. The monoisotopic (exact) mass is 430 g/mol. The van der Waals surface area contributed by atoms with E-state index in [2.05, 4.69) is 10.3 Å². The third-order valence-corrected chi connectivity index (χ3v) is 5.17. The molecule has 30 heavy (non-hydrogen) atoms. The standard InChI is InChI=1S/C19H18N4O6S/c24-9-14-13(25)7-15(29-14)22-8-10(16(26)21-18(22)28)6-12-17(27)23(19(30)20-12)11-4-2-1-3-5-11/h1-6,8,13-15,24-25H,7,9H2,(H,20,30)(H,21,26,28)/b12-6-/t13-,14+,15-/m0/s1. The number of nitrogens with zero attached hydrogens (tertiary/aromatic N) is 2. The lowest BCUT2D eigenvalue weighted by molar-refractivity contribution is -0.113. The molecule has 3 heterocycles. The number of aromatic amines is 1. The van der Waals surface area contributed by atoms with E-state index in [9.17, 15) is 24.6 Å². The Morgan fingerprint density at radius 3 is 2.63 bits per heavy atom. The van der Waals surface area contributed by atoms with Gasteiger partial charge in [-0.05, 0) is 30.4 Å². The quantitative estimate of drug-likeness (QED) is 0.374. The van der Waals surface area contributed by atoms with Gasteiger partial charge in [-0.15, -0.1) is 0 Å². The molecule has 4 N–H and O–H groups in total. The molecule has 1 amide bonds. The van der Waals surface area contributed by atoms with E-state index in [1.807, 2.05) is 6.07 Å². The Bertz CT molecular complexity index is 1140. The van der Waals surface area contributed by atoms with Gasteiger partial charge in [0.05, 0.1) is 24.0 Å². The van der Waals surface area contributed by atoms with Crippen LogP contribution in [0.4, 0.5) is 5.69 Å². The SMILES string of the molecule is O=C1/C(=C/c2cn([C@@H]3C[C@H](O)[C@@H](CO)O3)c(=O)[nH]c2=O)NC(=S)N1c1ccccc1. The molecule has 156 valence electrons. The van der Waals surface area contributed by atoms with Crippen LogP contribution in [0.25, 0.3) is 6.08 Å². The lowest BCUT2D eigenvalue weighted by Crippen LogP contribution is -2.33. The molecule has 4 rings (SSSR count). The topological polar surface area (TPSA) is 137 Å². The number of hydrogen-bond donors (Lipinski definition) is 4. The molecular weight excluding hydrogens is 412 g/mol. The maximum absolute atomic E-state index is 12.8. The fourth-order valence-corrected chi connectivity index (χ4v) is 3.67. The molecule has 0 saturated carbocycles. The molecule has 0 bridgehead atoms. The first-order chi connectivity index (χ1) is 14.4. The van der Waals surface area contributed by atoms with Gasteiger partial charge in [-0.25, -0.2) is 4.79 Å². The zero-order chi connectivity index (χ0) is 21.4. The van der Waals surface area contributed by atoms with Crippen molar-refractivity contribution in [1.29, 1.82) is 0 Å². The van der Waals surface area contributed by atoms with Crippen molar-refractivity contribution in [2.75, 3.05) is 11.5 Å². The van der Waals surface area contributed by atoms with Crippen LogP contribution in [0.15, 0.2) is 51.8 Å². The number of ether oxygens (including phenoxy) is 1. The molecule has 1 aromatic carbocycles. The Balaban J connectivity index is 1.67. The van der Waals surface area contributed by atoms with E-state index in [1.165, 1.54) is 17.2 Å². The highest BCUT2D eigenvalue weighted by molar-refractivity contribution is 7.80. The third kappa shape index (κ3) is 3.59. The molecule has 2 fully saturated rings. The summed E-state index contributed by atoms with van der Waals surface area (Å²) in [5.41, 5.74) is -0.760. The second-order valence-electron chi connectivity index (χ2n) is 6.83. The first kappa shape index (κ1) is 20.2. The molecule has 2 aliphatic rings. The van der Waals surface area contributed by atoms with Gasteiger partial charge in [0.15, 0.2) is 5.11 Å². The highest BCUT2D eigenvalue weighted by Crippen LogP contribution is 2.27. The summed E-state index contributed by atoms with van der Waals surface area (Å²) in [6, 6.07) is 8.79. The van der Waals surface area contributed by atoms with Gasteiger partial charge in [-0.1, -0.05) is 18.2 Å². The molecule has 0 aliphatic carbocycles. The minimum absolute atomic E-state index is 0.0219. The summed E-state index contributed by atoms with van der Waals surface area (Å²) in [7, 11) is 0. The van der Waals surface area contributed by atoms with Crippen molar-refractivity contribution in [3.63, 3.8) is 0 Å². The predicted octanol–water partition coefficient (Wildman–Crippen LogP) is -0.560. The molecule has 2 aromatic rings. The molecule has 0 radical (unpaired) electrons. The summed E-state index contributed by atoms with van der Waals surface area (Å²) in [4.78, 5) is 40.8. The van der Waals surface area contributed by atoms with Crippen LogP contribution in [0.1, 0.15) is 18.2 Å². The molecule has 0 spiro atoms. The van der Waals surface area contributed by atoms with E-state index in [4.69, 9.17) is 17.0 Å². The molecular formula is C19H18N4O6S. The summed E-state index contributed by atoms with van der Waals surface area (Å²) in [6.07, 6.45) is -0.0415. The Morgan fingerprint density at radius 2 is 1.97 bits per heavy atom. The number of carbonyl (C=O) groups is 1. The maximum Gasteiger partial charge on any atom is 0.330 e. The Morgan fingerprint density at radius 1 is 1.23 bits per heavy atom. The summed E-state index contributed by atoms with van der Waals surface area (Å²) in [6.45, 7) is -0.405. The van der Waals surface area contributed by atoms with Crippen molar-refractivity contribution in [1.82, 2.24) is 14.9 Å². The fourth-order valence-electron chi connectivity index (χ4n) is 3.37. The summed E-state index contributed by atoms with van der Waals surface area (Å²) in [5.74, 6) is -0.448. The van der Waals surface area contributed by atoms with Gasteiger partial charge in [0, 0.05) is 12.6 Å². The predicted molar refractivity (Wildman–Crippen MR) is 111 cm³/mol. The number of H-pyrrole nitrogens is 1. The van der Waals surface area contributed by atoms with E-state index < -0.39 is 42.2 Å². The van der Waals surface area contributed by atoms with Gasteiger partial charge in [0.1, 0.15) is 18.0 Å². The Kier molecular flexibility index (Phi) is 5.35. The van der Waals surface area contributed by atoms with Crippen molar-refractivity contribution in [2.45, 2.75) is 24.9 Å². The number of aromatic nitrogens is 2. The minimum Gasteiger partial charge on any atom is -0.394 e. The van der Waals surface area contributed by atoms with E-state index in [-0.39, 0.29) is 22.8 Å². The summed E-state index contributed by atoms with van der Waals surface area (Å²) < 4.78 is 6.59. The number of aliphatic hydroxyl groups excluding tert-OH is 2. The maximum atomic E-state index is 12.8. The molecule has 3 atom stereocenters. The molecule has 11 heteroatoms. The van der Waals surface area contributed by atoms with E-state index in [0.717, 1.165) is 4.57 Å². The molecule has 2 saturated heterocycles. The molecule has 2 aliphatic heterocycles. The van der Waals surface area contributed by atoms with Crippen LogP contribution in [-0.4, -0.2) is 49.6 Å². The van der Waals surface area contributed by atoms with E-state index in [1.54, 1.807) is 24.3 Å². The molecule has 10 nitrogen and oxygen atoms in total. The van der Waals surface area contributed by atoms with Crippen molar-refractivity contribution in [2.24, 2.45) is 0 Å². The lowest BCUT2D eigenvalue weighted by atomic mass is 10.2. The van der Waals surface area contributed by atoms with Gasteiger partial charge >= 0.3 is 5.69 Å². The second kappa shape index (κ2) is 7.95. The highest BCUT2D eigenvalue weighted by atomic mass is 32.1. The zero-order valence-electron chi connectivity index (χ0n) is 15.5. The van der Waals surface area contributed by atoms with Gasteiger partial charge in [0.2, 0.25) is 0 Å². The van der Waals surface area contributed by atoms with E-state index in [0.29, 0.717) is 5.69 Å². The smallest absolute Gasteiger partial charge is 0.330 e. The van der Waals surface area contributed by atoms with Crippen LogP contribution >= 0.6 is 12.2 Å². The van der Waals surface area contributed by atoms with Gasteiger partial charge < -0.3 is 20.3 Å². The van der Waals surface area contributed by atoms with Crippen LogP contribution in [0, 0.1) is 0 Å². The van der Waals surface area contributed by atoms with Crippen LogP contribution in [-0.2, 0) is 9.53 Å². The number of para-hydroxylation sites is 1. The highest BCUT2D eigenvalue weighted by Gasteiger charge is 2.35. The molecule has 0 unspecified atom stereocenters. The number of thiocarbonyl (C=S) groups is 1. The number of rotatable bonds is 4. The van der Waals surface area contributed by atoms with Gasteiger partial charge in [0.25, 0.3) is 11.5 Å². The third-order valence-electron chi connectivity index (χ3n) is 4.88. The number of nitrogens with one attached hydrogen (secondary N) is 2. The van der Waals surface area contributed by atoms with Crippen LogP contribution < -0.4 is 21.5 Å². The number of aliphatic hydroxyl groups is 2. The summed E-state index contributed by atoms with van der Waals surface area (Å²) >= 11 is 5.24. The van der Waals surface area contributed by atoms with E-state index >= 15 is 0 Å². The van der Waals surface area contributed by atoms with Crippen molar-refractivity contribution in [3.8, 4) is 0 Å². The number of hydrogen-bond acceptors (Lipinski definition) is 7. The van der Waals surface area contributed by atoms with Crippen LogP contribution in [0.3, 0.4) is 0 Å². The largest absolute Gasteiger partial charge is 0.394 e. The fraction of sp³-hybridized carbons (Fsp3) is 0.263. The lowest BCUT2D eigenvalue weighted by Gasteiger charge is -2.14. The first-order valence-corrected chi connectivity index (χ1v) is 9.52. The second-order valence-corrected chi connectivity index (χ2v) is 7.22. The Labute approximate surface area is 175 Å².